The number of nitrogens with one attached hydrogen (secondary N) is 1. The van der Waals surface area contributed by atoms with E-state index in [9.17, 15) is 4.79 Å². The van der Waals surface area contributed by atoms with Crippen LogP contribution in [-0.2, 0) is 5.41 Å². The molecule has 1 rings (SSSR count). The molecule has 0 saturated carbocycles. The molecular formula is C11H21N3O. The van der Waals surface area contributed by atoms with E-state index >= 15 is 0 Å². The van der Waals surface area contributed by atoms with Crippen molar-refractivity contribution in [2.24, 2.45) is 0 Å². The van der Waals surface area contributed by atoms with Gasteiger partial charge < -0.3 is 0 Å². The van der Waals surface area contributed by atoms with Crippen molar-refractivity contribution in [3.05, 3.63) is 16.0 Å². The summed E-state index contributed by atoms with van der Waals surface area (Å²) in [5.74, 6) is 0. The van der Waals surface area contributed by atoms with Crippen LogP contribution in [0.15, 0.2) is 4.79 Å². The second kappa shape index (κ2) is 4.21. The van der Waals surface area contributed by atoms with E-state index < -0.39 is 0 Å². The summed E-state index contributed by atoms with van der Waals surface area (Å²) in [6.45, 7) is 10.1. The number of H-pyrrole nitrogens is 1. The van der Waals surface area contributed by atoms with Crippen LogP contribution in [0.3, 0.4) is 0 Å². The van der Waals surface area contributed by atoms with Crippen LogP contribution in [0.25, 0.3) is 0 Å². The molecule has 0 aliphatic carbocycles. The lowest BCUT2D eigenvalue weighted by molar-refractivity contribution is 0.432. The summed E-state index contributed by atoms with van der Waals surface area (Å²) in [7, 11) is 0. The number of hydrogen-bond acceptors (Lipinski definition) is 2. The van der Waals surface area contributed by atoms with Gasteiger partial charge in [-0.2, -0.15) is 5.10 Å². The molecule has 1 heterocycles. The van der Waals surface area contributed by atoms with E-state index in [0.717, 1.165) is 12.8 Å². The quantitative estimate of drug-likeness (QED) is 0.833. The molecule has 0 spiro atoms. The lowest BCUT2D eigenvalue weighted by Gasteiger charge is -2.13. The molecule has 0 fully saturated rings. The van der Waals surface area contributed by atoms with Crippen LogP contribution >= 0.6 is 0 Å². The highest BCUT2D eigenvalue weighted by Gasteiger charge is 2.23. The minimum atomic E-state index is -0.190. The zero-order chi connectivity index (χ0) is 11.6. The zero-order valence-electron chi connectivity index (χ0n) is 10.3. The summed E-state index contributed by atoms with van der Waals surface area (Å²) < 4.78 is 1.63. The number of nitrogens with zero attached hydrogens (tertiary/aromatic N) is 2. The standard InChI is InChI=1S/C11H21N3O/c1-6-7-8(2)14-10(15)9(12-13-14)11(3,4)5/h8,13H,6-7H2,1-5H3. The molecule has 0 bridgehead atoms. The largest absolute Gasteiger partial charge is 0.290 e. The molecule has 1 aromatic heterocycles. The number of rotatable bonds is 3. The molecule has 15 heavy (non-hydrogen) atoms. The SMILES string of the molecule is CCCC(C)n1[nH]nc(C(C)(C)C)c1=O. The molecule has 0 radical (unpaired) electrons. The Bertz CT molecular complexity index is 370. The van der Waals surface area contributed by atoms with Crippen LogP contribution in [0.4, 0.5) is 0 Å². The third-order valence-corrected chi connectivity index (χ3v) is 2.55. The Balaban J connectivity index is 3.05. The Kier molecular flexibility index (Phi) is 3.37. The van der Waals surface area contributed by atoms with Crippen molar-refractivity contribution in [3.63, 3.8) is 0 Å². The number of aromatic nitrogens is 3. The van der Waals surface area contributed by atoms with Crippen molar-refractivity contribution in [1.29, 1.82) is 0 Å². The Morgan fingerprint density at radius 2 is 2.07 bits per heavy atom. The maximum atomic E-state index is 12.0. The van der Waals surface area contributed by atoms with Gasteiger partial charge in [-0.25, -0.2) is 9.90 Å². The maximum Gasteiger partial charge on any atom is 0.290 e. The lowest BCUT2D eigenvalue weighted by Crippen LogP contribution is -2.27. The van der Waals surface area contributed by atoms with Crippen LogP contribution in [0.1, 0.15) is 59.2 Å². The zero-order valence-corrected chi connectivity index (χ0v) is 10.3. The Morgan fingerprint density at radius 1 is 1.47 bits per heavy atom. The van der Waals surface area contributed by atoms with E-state index in [2.05, 4.69) is 17.2 Å². The van der Waals surface area contributed by atoms with Gasteiger partial charge in [-0.1, -0.05) is 34.1 Å². The lowest BCUT2D eigenvalue weighted by atomic mass is 9.93. The molecule has 1 atom stereocenters. The fourth-order valence-corrected chi connectivity index (χ4v) is 1.65. The fourth-order valence-electron chi connectivity index (χ4n) is 1.65. The summed E-state index contributed by atoms with van der Waals surface area (Å²) >= 11 is 0. The highest BCUT2D eigenvalue weighted by Crippen LogP contribution is 2.17. The Hall–Kier alpha value is -1.06. The monoisotopic (exact) mass is 211 g/mol. The maximum absolute atomic E-state index is 12.0. The smallest absolute Gasteiger partial charge is 0.266 e. The molecule has 1 aromatic rings. The van der Waals surface area contributed by atoms with Gasteiger partial charge in [0.15, 0.2) is 0 Å². The van der Waals surface area contributed by atoms with Gasteiger partial charge in [-0.05, 0) is 13.3 Å². The van der Waals surface area contributed by atoms with Crippen molar-refractivity contribution in [3.8, 4) is 0 Å². The molecule has 1 unspecified atom stereocenters. The normalized spacial score (nSPS) is 14.2. The van der Waals surface area contributed by atoms with Crippen molar-refractivity contribution in [2.75, 3.05) is 0 Å². The van der Waals surface area contributed by atoms with Crippen molar-refractivity contribution >= 4 is 0 Å². The molecule has 0 amide bonds. The molecule has 0 saturated heterocycles. The summed E-state index contributed by atoms with van der Waals surface area (Å²) in [4.78, 5) is 12.0. The van der Waals surface area contributed by atoms with Crippen molar-refractivity contribution in [1.82, 2.24) is 15.0 Å². The predicted octanol–water partition coefficient (Wildman–Crippen LogP) is 2.23. The van der Waals surface area contributed by atoms with Crippen molar-refractivity contribution < 1.29 is 0 Å². The van der Waals surface area contributed by atoms with Gasteiger partial charge in [-0.3, -0.25) is 4.79 Å². The molecule has 4 nitrogen and oxygen atoms in total. The first-order valence-corrected chi connectivity index (χ1v) is 5.55. The average Bonchev–Trinajstić information content (AvgIpc) is 2.46. The van der Waals surface area contributed by atoms with Crippen molar-refractivity contribution in [2.45, 2.75) is 58.9 Å². The first kappa shape index (κ1) is 12.0. The van der Waals surface area contributed by atoms with Gasteiger partial charge in [0.05, 0.1) is 6.04 Å². The second-order valence-corrected chi connectivity index (χ2v) is 5.12. The van der Waals surface area contributed by atoms with Crippen LogP contribution < -0.4 is 5.56 Å². The summed E-state index contributed by atoms with van der Waals surface area (Å²) in [5.41, 5.74) is 0.444. The van der Waals surface area contributed by atoms with Crippen LogP contribution in [0.2, 0.25) is 0 Å². The van der Waals surface area contributed by atoms with E-state index in [1.807, 2.05) is 27.7 Å². The van der Waals surface area contributed by atoms with Crippen LogP contribution in [0, 0.1) is 0 Å². The molecule has 4 heteroatoms. The third kappa shape index (κ3) is 2.49. The van der Waals surface area contributed by atoms with Gasteiger partial charge >= 0.3 is 0 Å². The van der Waals surface area contributed by atoms with Gasteiger partial charge in [0.1, 0.15) is 5.69 Å². The third-order valence-electron chi connectivity index (χ3n) is 2.55. The molecule has 86 valence electrons. The predicted molar refractivity (Wildman–Crippen MR) is 61.2 cm³/mol. The van der Waals surface area contributed by atoms with E-state index in [0.29, 0.717) is 5.69 Å². The first-order valence-electron chi connectivity index (χ1n) is 5.55. The minimum absolute atomic E-state index is 0.0171. The van der Waals surface area contributed by atoms with Gasteiger partial charge in [0.25, 0.3) is 5.56 Å². The summed E-state index contributed by atoms with van der Waals surface area (Å²) in [5, 5.41) is 6.94. The number of aromatic amines is 1. The number of hydrogen-bond donors (Lipinski definition) is 1. The topological polar surface area (TPSA) is 50.7 Å². The van der Waals surface area contributed by atoms with Crippen LogP contribution in [-0.4, -0.2) is 15.0 Å². The van der Waals surface area contributed by atoms with E-state index in [1.165, 1.54) is 0 Å². The molecule has 0 aliphatic rings. The van der Waals surface area contributed by atoms with Gasteiger partial charge in [-0.15, -0.1) is 0 Å². The highest BCUT2D eigenvalue weighted by atomic mass is 16.1. The van der Waals surface area contributed by atoms with E-state index in [4.69, 9.17) is 0 Å². The van der Waals surface area contributed by atoms with E-state index in [-0.39, 0.29) is 17.0 Å². The fraction of sp³-hybridized carbons (Fsp3) is 0.818. The molecule has 0 aromatic carbocycles. The molecule has 1 N–H and O–H groups in total. The highest BCUT2D eigenvalue weighted by molar-refractivity contribution is 5.07. The van der Waals surface area contributed by atoms with Gasteiger partial charge in [0.2, 0.25) is 0 Å². The van der Waals surface area contributed by atoms with Crippen LogP contribution in [0.5, 0.6) is 0 Å². The second-order valence-electron chi connectivity index (χ2n) is 5.12. The Morgan fingerprint density at radius 3 is 2.47 bits per heavy atom. The summed E-state index contributed by atoms with van der Waals surface area (Å²) in [6, 6.07) is 0.200. The molecular weight excluding hydrogens is 190 g/mol. The van der Waals surface area contributed by atoms with E-state index in [1.54, 1.807) is 4.68 Å². The van der Waals surface area contributed by atoms with Gasteiger partial charge in [0, 0.05) is 5.41 Å². The molecule has 0 aliphatic heterocycles. The Labute approximate surface area is 90.7 Å². The average molecular weight is 211 g/mol. The first-order chi connectivity index (χ1) is 6.88. The minimum Gasteiger partial charge on any atom is -0.266 e. The summed E-state index contributed by atoms with van der Waals surface area (Å²) in [6.07, 6.45) is 2.06.